The van der Waals surface area contributed by atoms with Crippen LogP contribution in [0, 0.1) is 0 Å². The molecule has 1 saturated heterocycles. The quantitative estimate of drug-likeness (QED) is 0.785. The van der Waals surface area contributed by atoms with Gasteiger partial charge < -0.3 is 14.8 Å². The number of benzene rings is 1. The molecule has 1 fully saturated rings. The molecule has 0 aromatic heterocycles. The van der Waals surface area contributed by atoms with Crippen molar-refractivity contribution < 1.29 is 9.47 Å². The Balaban J connectivity index is 1.61. The molecule has 0 aliphatic carbocycles. The molecule has 3 nitrogen and oxygen atoms in total. The van der Waals surface area contributed by atoms with E-state index in [4.69, 9.17) is 9.47 Å². The fourth-order valence-corrected chi connectivity index (χ4v) is 1.74. The largest absolute Gasteiger partial charge is 0.376 e. The highest BCUT2D eigenvalue weighted by Gasteiger charge is 2.12. The Labute approximate surface area is 102 Å². The first-order valence-corrected chi connectivity index (χ1v) is 6.07. The molecule has 1 N–H and O–H groups in total. The number of hydrogen-bond donors (Lipinski definition) is 1. The van der Waals surface area contributed by atoms with Crippen LogP contribution in [0.25, 0.3) is 6.08 Å². The lowest BCUT2D eigenvalue weighted by Crippen LogP contribution is -2.37. The van der Waals surface area contributed by atoms with Crippen molar-refractivity contribution >= 4 is 6.08 Å². The Hall–Kier alpha value is -1.16. The van der Waals surface area contributed by atoms with Gasteiger partial charge in [-0.05, 0) is 5.56 Å². The second-order valence-electron chi connectivity index (χ2n) is 4.04. The minimum atomic E-state index is 0.203. The van der Waals surface area contributed by atoms with Crippen molar-refractivity contribution in [3.8, 4) is 0 Å². The maximum atomic E-state index is 5.53. The highest BCUT2D eigenvalue weighted by Crippen LogP contribution is 2.01. The first-order chi connectivity index (χ1) is 8.45. The predicted octanol–water partition coefficient (Wildman–Crippen LogP) is 1.70. The highest BCUT2D eigenvalue weighted by atomic mass is 16.6. The van der Waals surface area contributed by atoms with Crippen molar-refractivity contribution in [1.82, 2.24) is 5.32 Å². The van der Waals surface area contributed by atoms with E-state index in [2.05, 4.69) is 29.6 Å². The molecule has 1 unspecified atom stereocenters. The van der Waals surface area contributed by atoms with Crippen LogP contribution in [-0.4, -0.2) is 39.0 Å². The third-order valence-electron chi connectivity index (χ3n) is 2.63. The van der Waals surface area contributed by atoms with Gasteiger partial charge in [-0.15, -0.1) is 0 Å². The molecule has 0 saturated carbocycles. The van der Waals surface area contributed by atoms with Gasteiger partial charge in [-0.25, -0.2) is 0 Å². The first-order valence-electron chi connectivity index (χ1n) is 6.07. The molecule has 1 heterocycles. The lowest BCUT2D eigenvalue weighted by Gasteiger charge is -2.22. The van der Waals surface area contributed by atoms with Gasteiger partial charge >= 0.3 is 0 Å². The van der Waals surface area contributed by atoms with Crippen LogP contribution in [0.3, 0.4) is 0 Å². The summed E-state index contributed by atoms with van der Waals surface area (Å²) in [6.45, 7) is 3.85. The summed E-state index contributed by atoms with van der Waals surface area (Å²) in [5.41, 5.74) is 1.23. The molecule has 1 aromatic rings. The number of hydrogen-bond acceptors (Lipinski definition) is 3. The third kappa shape index (κ3) is 4.69. The van der Waals surface area contributed by atoms with Crippen molar-refractivity contribution in [3.63, 3.8) is 0 Å². The summed E-state index contributed by atoms with van der Waals surface area (Å²) in [5.74, 6) is 0. The Morgan fingerprint density at radius 1 is 1.24 bits per heavy atom. The minimum Gasteiger partial charge on any atom is -0.376 e. The zero-order valence-electron chi connectivity index (χ0n) is 9.97. The second kappa shape index (κ2) is 7.22. The lowest BCUT2D eigenvalue weighted by atomic mass is 10.2. The normalized spacial score (nSPS) is 20.8. The van der Waals surface area contributed by atoms with Gasteiger partial charge in [-0.1, -0.05) is 42.5 Å². The molecule has 1 aliphatic heterocycles. The molecule has 1 atom stereocenters. The Kier molecular flexibility index (Phi) is 5.23. The van der Waals surface area contributed by atoms with Crippen LogP contribution in [0.4, 0.5) is 0 Å². The molecule has 1 aliphatic rings. The fourth-order valence-electron chi connectivity index (χ4n) is 1.74. The SMILES string of the molecule is C(=Cc1ccccc1)CNCC1COCCO1. The molecule has 0 spiro atoms. The average Bonchev–Trinajstić information content (AvgIpc) is 2.41. The van der Waals surface area contributed by atoms with Crippen LogP contribution in [0.5, 0.6) is 0 Å². The zero-order valence-corrected chi connectivity index (χ0v) is 9.97. The van der Waals surface area contributed by atoms with Gasteiger partial charge in [-0.3, -0.25) is 0 Å². The van der Waals surface area contributed by atoms with Gasteiger partial charge in [-0.2, -0.15) is 0 Å². The molecule has 1 aromatic carbocycles. The van der Waals surface area contributed by atoms with Crippen molar-refractivity contribution in [2.45, 2.75) is 6.10 Å². The molecular formula is C14H19NO2. The van der Waals surface area contributed by atoms with E-state index in [9.17, 15) is 0 Å². The van der Waals surface area contributed by atoms with Gasteiger partial charge in [0.05, 0.1) is 25.9 Å². The monoisotopic (exact) mass is 233 g/mol. The lowest BCUT2D eigenvalue weighted by molar-refractivity contribution is -0.0860. The highest BCUT2D eigenvalue weighted by molar-refractivity contribution is 5.48. The van der Waals surface area contributed by atoms with Crippen LogP contribution in [0.1, 0.15) is 5.56 Å². The molecule has 0 radical (unpaired) electrons. The Bertz CT molecular complexity index is 331. The minimum absolute atomic E-state index is 0.203. The predicted molar refractivity (Wildman–Crippen MR) is 68.9 cm³/mol. The van der Waals surface area contributed by atoms with Gasteiger partial charge in [0.15, 0.2) is 0 Å². The van der Waals surface area contributed by atoms with Gasteiger partial charge in [0.25, 0.3) is 0 Å². The summed E-state index contributed by atoms with van der Waals surface area (Å²) < 4.78 is 10.9. The molecule has 0 bridgehead atoms. The standard InChI is InChI=1S/C14H19NO2/c1-2-5-13(6-3-1)7-4-8-15-11-14-12-16-9-10-17-14/h1-7,14-15H,8-12H2. The molecule has 3 heteroatoms. The van der Waals surface area contributed by atoms with E-state index in [1.165, 1.54) is 5.56 Å². The van der Waals surface area contributed by atoms with Crippen LogP contribution >= 0.6 is 0 Å². The molecule has 92 valence electrons. The van der Waals surface area contributed by atoms with Crippen molar-refractivity contribution in [2.75, 3.05) is 32.9 Å². The van der Waals surface area contributed by atoms with Crippen LogP contribution in [0.2, 0.25) is 0 Å². The molecule has 17 heavy (non-hydrogen) atoms. The summed E-state index contributed by atoms with van der Waals surface area (Å²) in [6.07, 6.45) is 4.44. The van der Waals surface area contributed by atoms with E-state index >= 15 is 0 Å². The number of ether oxygens (including phenoxy) is 2. The first kappa shape index (κ1) is 12.3. The van der Waals surface area contributed by atoms with Crippen molar-refractivity contribution in [3.05, 3.63) is 42.0 Å². The Morgan fingerprint density at radius 2 is 2.12 bits per heavy atom. The van der Waals surface area contributed by atoms with Crippen molar-refractivity contribution in [2.24, 2.45) is 0 Å². The van der Waals surface area contributed by atoms with Gasteiger partial charge in [0.1, 0.15) is 0 Å². The smallest absolute Gasteiger partial charge is 0.0933 e. The fraction of sp³-hybridized carbons (Fsp3) is 0.429. The van der Waals surface area contributed by atoms with Crippen LogP contribution in [-0.2, 0) is 9.47 Å². The average molecular weight is 233 g/mol. The van der Waals surface area contributed by atoms with Crippen LogP contribution in [0.15, 0.2) is 36.4 Å². The summed E-state index contributed by atoms with van der Waals surface area (Å²) in [4.78, 5) is 0. The molecule has 0 amide bonds. The van der Waals surface area contributed by atoms with E-state index in [1.807, 2.05) is 18.2 Å². The maximum Gasteiger partial charge on any atom is 0.0933 e. The summed E-state index contributed by atoms with van der Waals surface area (Å²) in [5, 5.41) is 3.33. The van der Waals surface area contributed by atoms with Gasteiger partial charge in [0, 0.05) is 13.1 Å². The topological polar surface area (TPSA) is 30.5 Å². The summed E-state index contributed by atoms with van der Waals surface area (Å²) >= 11 is 0. The molecular weight excluding hydrogens is 214 g/mol. The summed E-state index contributed by atoms with van der Waals surface area (Å²) in [7, 11) is 0. The van der Waals surface area contributed by atoms with E-state index in [0.717, 1.165) is 19.7 Å². The van der Waals surface area contributed by atoms with Crippen molar-refractivity contribution in [1.29, 1.82) is 0 Å². The van der Waals surface area contributed by atoms with E-state index in [-0.39, 0.29) is 6.10 Å². The third-order valence-corrected chi connectivity index (χ3v) is 2.63. The van der Waals surface area contributed by atoms with Gasteiger partial charge in [0.2, 0.25) is 0 Å². The van der Waals surface area contributed by atoms with E-state index in [1.54, 1.807) is 0 Å². The number of nitrogens with one attached hydrogen (secondary N) is 1. The second-order valence-corrected chi connectivity index (χ2v) is 4.04. The maximum absolute atomic E-state index is 5.53. The Morgan fingerprint density at radius 3 is 2.88 bits per heavy atom. The van der Waals surface area contributed by atoms with E-state index in [0.29, 0.717) is 13.2 Å². The zero-order chi connectivity index (χ0) is 11.8. The van der Waals surface area contributed by atoms with Crippen LogP contribution < -0.4 is 5.32 Å². The van der Waals surface area contributed by atoms with E-state index < -0.39 is 0 Å². The summed E-state index contributed by atoms with van der Waals surface area (Å²) in [6, 6.07) is 10.3. The molecule has 2 rings (SSSR count). The number of rotatable bonds is 5.